The van der Waals surface area contributed by atoms with Gasteiger partial charge in [0.25, 0.3) is 0 Å². The van der Waals surface area contributed by atoms with Crippen molar-refractivity contribution < 1.29 is 28.6 Å². The Balaban J connectivity index is 1.66. The highest BCUT2D eigenvalue weighted by Crippen LogP contribution is 2.08. The lowest BCUT2D eigenvalue weighted by Crippen LogP contribution is -2.45. The van der Waals surface area contributed by atoms with Gasteiger partial charge in [0.15, 0.2) is 0 Å². The summed E-state index contributed by atoms with van der Waals surface area (Å²) in [5, 5.41) is 2.55. The van der Waals surface area contributed by atoms with Crippen LogP contribution in [-0.4, -0.2) is 30.7 Å². The average Bonchev–Trinajstić information content (AvgIpc) is 2.78. The second-order valence-corrected chi connectivity index (χ2v) is 7.35. The van der Waals surface area contributed by atoms with Crippen molar-refractivity contribution in [2.24, 2.45) is 5.92 Å². The summed E-state index contributed by atoms with van der Waals surface area (Å²) in [5.41, 5.74) is 1.76. The summed E-state index contributed by atoms with van der Waals surface area (Å²) in [7, 11) is 0. The molecule has 2 aromatic rings. The zero-order valence-electron chi connectivity index (χ0n) is 17.9. The summed E-state index contributed by atoms with van der Waals surface area (Å²) < 4.78 is 15.6. The van der Waals surface area contributed by atoms with Crippen LogP contribution in [0.25, 0.3) is 0 Å². The predicted octanol–water partition coefficient (Wildman–Crippen LogP) is 4.00. The number of ether oxygens (including phenoxy) is 3. The highest BCUT2D eigenvalue weighted by molar-refractivity contribution is 5.81. The van der Waals surface area contributed by atoms with Gasteiger partial charge in [-0.25, -0.2) is 9.59 Å². The normalized spacial score (nSPS) is 11.5. The summed E-state index contributed by atoms with van der Waals surface area (Å²) in [6.07, 6.45) is -0.217. The van der Waals surface area contributed by atoms with E-state index in [1.54, 1.807) is 13.8 Å². The highest BCUT2D eigenvalue weighted by Gasteiger charge is 2.26. The molecular weight excluding hydrogens is 398 g/mol. The lowest BCUT2D eigenvalue weighted by Gasteiger charge is -2.20. The van der Waals surface area contributed by atoms with Crippen LogP contribution in [0.4, 0.5) is 4.79 Å². The topological polar surface area (TPSA) is 90.9 Å². The highest BCUT2D eigenvalue weighted by atomic mass is 16.6. The molecule has 0 saturated carbocycles. The van der Waals surface area contributed by atoms with E-state index in [0.717, 1.165) is 11.1 Å². The van der Waals surface area contributed by atoms with E-state index in [1.165, 1.54) is 0 Å². The lowest BCUT2D eigenvalue weighted by molar-refractivity contribution is -0.150. The van der Waals surface area contributed by atoms with Gasteiger partial charge in [0.2, 0.25) is 0 Å². The zero-order chi connectivity index (χ0) is 22.5. The maximum absolute atomic E-state index is 12.3. The molecule has 1 unspecified atom stereocenters. The first kappa shape index (κ1) is 23.9. The molecule has 0 bridgehead atoms. The van der Waals surface area contributed by atoms with Crippen molar-refractivity contribution in [3.05, 3.63) is 71.8 Å². The van der Waals surface area contributed by atoms with Crippen molar-refractivity contribution >= 4 is 18.0 Å². The Kier molecular flexibility index (Phi) is 10.1. The molecule has 0 aliphatic carbocycles. The Morgan fingerprint density at radius 1 is 0.806 bits per heavy atom. The SMILES string of the molecule is CC(C)C(NC(=O)OCc1ccccc1)C(=O)OCCCC(=O)OCc1ccccc1. The van der Waals surface area contributed by atoms with Gasteiger partial charge >= 0.3 is 18.0 Å². The molecule has 31 heavy (non-hydrogen) atoms. The van der Waals surface area contributed by atoms with Crippen LogP contribution in [-0.2, 0) is 37.0 Å². The van der Waals surface area contributed by atoms with Crippen molar-refractivity contribution in [2.45, 2.75) is 45.9 Å². The van der Waals surface area contributed by atoms with Crippen LogP contribution in [0, 0.1) is 5.92 Å². The molecule has 0 aliphatic heterocycles. The van der Waals surface area contributed by atoms with Gasteiger partial charge in [0.1, 0.15) is 19.3 Å². The van der Waals surface area contributed by atoms with E-state index in [-0.39, 0.29) is 38.1 Å². The number of carbonyl (C=O) groups is 3. The van der Waals surface area contributed by atoms with Gasteiger partial charge in [-0.05, 0) is 23.5 Å². The van der Waals surface area contributed by atoms with Gasteiger partial charge in [-0.2, -0.15) is 0 Å². The smallest absolute Gasteiger partial charge is 0.408 e. The molecule has 0 fully saturated rings. The third-order valence-corrected chi connectivity index (χ3v) is 4.42. The summed E-state index contributed by atoms with van der Waals surface area (Å²) >= 11 is 0. The molecule has 0 heterocycles. The molecule has 0 radical (unpaired) electrons. The van der Waals surface area contributed by atoms with E-state index in [9.17, 15) is 14.4 Å². The standard InChI is InChI=1S/C24H29NO6/c1-18(2)22(25-24(28)31-17-20-12-7-4-8-13-20)23(27)29-15-9-14-21(26)30-16-19-10-5-3-6-11-19/h3-8,10-13,18,22H,9,14-17H2,1-2H3,(H,25,28). The second-order valence-electron chi connectivity index (χ2n) is 7.35. The van der Waals surface area contributed by atoms with Gasteiger partial charge in [-0.3, -0.25) is 4.79 Å². The van der Waals surface area contributed by atoms with Gasteiger partial charge in [-0.15, -0.1) is 0 Å². The molecule has 1 atom stereocenters. The third kappa shape index (κ3) is 9.33. The predicted molar refractivity (Wildman–Crippen MR) is 115 cm³/mol. The number of hydrogen-bond acceptors (Lipinski definition) is 6. The summed E-state index contributed by atoms with van der Waals surface area (Å²) in [5.74, 6) is -1.11. The van der Waals surface area contributed by atoms with Crippen LogP contribution in [0.2, 0.25) is 0 Å². The van der Waals surface area contributed by atoms with Crippen LogP contribution >= 0.6 is 0 Å². The first-order chi connectivity index (χ1) is 15.0. The Hall–Kier alpha value is -3.35. The number of carbonyl (C=O) groups excluding carboxylic acids is 3. The van der Waals surface area contributed by atoms with Gasteiger partial charge in [0, 0.05) is 6.42 Å². The molecular formula is C24H29NO6. The van der Waals surface area contributed by atoms with Crippen molar-refractivity contribution in [1.82, 2.24) is 5.32 Å². The fourth-order valence-corrected chi connectivity index (χ4v) is 2.68. The van der Waals surface area contributed by atoms with Crippen molar-refractivity contribution in [3.8, 4) is 0 Å². The molecule has 0 aromatic heterocycles. The van der Waals surface area contributed by atoms with E-state index < -0.39 is 18.1 Å². The van der Waals surface area contributed by atoms with Crippen LogP contribution in [0.3, 0.4) is 0 Å². The van der Waals surface area contributed by atoms with Crippen LogP contribution < -0.4 is 5.32 Å². The zero-order valence-corrected chi connectivity index (χ0v) is 17.9. The minimum Gasteiger partial charge on any atom is -0.464 e. The molecule has 2 rings (SSSR count). The molecule has 0 saturated heterocycles. The minimum absolute atomic E-state index is 0.0588. The molecule has 0 spiro atoms. The first-order valence-electron chi connectivity index (χ1n) is 10.3. The molecule has 0 aliphatic rings. The summed E-state index contributed by atoms with van der Waals surface area (Å²) in [6, 6.07) is 17.8. The Labute approximate surface area is 182 Å². The van der Waals surface area contributed by atoms with E-state index in [1.807, 2.05) is 60.7 Å². The number of nitrogens with one attached hydrogen (secondary N) is 1. The number of esters is 2. The molecule has 2 aromatic carbocycles. The van der Waals surface area contributed by atoms with Gasteiger partial charge in [-0.1, -0.05) is 74.5 Å². The number of alkyl carbamates (subject to hydrolysis) is 1. The van der Waals surface area contributed by atoms with Crippen molar-refractivity contribution in [1.29, 1.82) is 0 Å². The monoisotopic (exact) mass is 427 g/mol. The average molecular weight is 427 g/mol. The van der Waals surface area contributed by atoms with E-state index in [2.05, 4.69) is 5.32 Å². The Bertz CT molecular complexity index is 822. The molecule has 7 nitrogen and oxygen atoms in total. The number of rotatable bonds is 11. The number of amides is 1. The maximum Gasteiger partial charge on any atom is 0.408 e. The van der Waals surface area contributed by atoms with Crippen molar-refractivity contribution in [3.63, 3.8) is 0 Å². The third-order valence-electron chi connectivity index (χ3n) is 4.42. The van der Waals surface area contributed by atoms with Gasteiger partial charge < -0.3 is 19.5 Å². The Morgan fingerprint density at radius 3 is 1.90 bits per heavy atom. The molecule has 7 heteroatoms. The largest absolute Gasteiger partial charge is 0.464 e. The van der Waals surface area contributed by atoms with Crippen molar-refractivity contribution in [2.75, 3.05) is 6.61 Å². The van der Waals surface area contributed by atoms with Crippen LogP contribution in [0.1, 0.15) is 37.8 Å². The molecule has 1 amide bonds. The van der Waals surface area contributed by atoms with E-state index in [0.29, 0.717) is 6.42 Å². The van der Waals surface area contributed by atoms with Crippen LogP contribution in [0.5, 0.6) is 0 Å². The molecule has 166 valence electrons. The summed E-state index contributed by atoms with van der Waals surface area (Å²) in [4.78, 5) is 36.2. The maximum atomic E-state index is 12.3. The first-order valence-corrected chi connectivity index (χ1v) is 10.3. The minimum atomic E-state index is -0.840. The van der Waals surface area contributed by atoms with Gasteiger partial charge in [0.05, 0.1) is 6.61 Å². The molecule has 1 N–H and O–H groups in total. The fraction of sp³-hybridized carbons (Fsp3) is 0.375. The number of hydrogen-bond donors (Lipinski definition) is 1. The number of benzene rings is 2. The van der Waals surface area contributed by atoms with Crippen LogP contribution in [0.15, 0.2) is 60.7 Å². The fourth-order valence-electron chi connectivity index (χ4n) is 2.68. The Morgan fingerprint density at radius 2 is 1.35 bits per heavy atom. The lowest BCUT2D eigenvalue weighted by atomic mass is 10.1. The van der Waals surface area contributed by atoms with E-state index >= 15 is 0 Å². The second kappa shape index (κ2) is 13.1. The van der Waals surface area contributed by atoms with E-state index in [4.69, 9.17) is 14.2 Å². The summed E-state index contributed by atoms with van der Waals surface area (Å²) in [6.45, 7) is 3.97. The quantitative estimate of drug-likeness (QED) is 0.331.